The largest absolute Gasteiger partial charge is 0.339 e. The first-order valence-corrected chi connectivity index (χ1v) is 11.4. The van der Waals surface area contributed by atoms with Gasteiger partial charge in [0.15, 0.2) is 0 Å². The van der Waals surface area contributed by atoms with Crippen molar-refractivity contribution in [2.24, 2.45) is 0 Å². The van der Waals surface area contributed by atoms with Crippen molar-refractivity contribution in [2.45, 2.75) is 32.2 Å². The first kappa shape index (κ1) is 21.1. The summed E-state index contributed by atoms with van der Waals surface area (Å²) in [6.45, 7) is 6.13. The third-order valence-electron chi connectivity index (χ3n) is 6.09. The van der Waals surface area contributed by atoms with Crippen LogP contribution in [0.3, 0.4) is 0 Å². The van der Waals surface area contributed by atoms with Gasteiger partial charge in [-0.2, -0.15) is 5.10 Å². The van der Waals surface area contributed by atoms with E-state index in [1.807, 2.05) is 34.1 Å². The Morgan fingerprint density at radius 3 is 2.53 bits per heavy atom. The number of hydrogen-bond donors (Lipinski definition) is 1. The second-order valence-electron chi connectivity index (χ2n) is 8.17. The van der Waals surface area contributed by atoms with Gasteiger partial charge < -0.3 is 9.80 Å². The first-order chi connectivity index (χ1) is 14.5. The number of piperazine rings is 1. The predicted octanol–water partition coefficient (Wildman–Crippen LogP) is 3.00. The molecule has 160 valence electrons. The van der Waals surface area contributed by atoms with Crippen molar-refractivity contribution in [1.82, 2.24) is 24.9 Å². The molecule has 30 heavy (non-hydrogen) atoms. The molecule has 2 aromatic rings. The molecule has 0 radical (unpaired) electrons. The van der Waals surface area contributed by atoms with Crippen molar-refractivity contribution in [3.63, 3.8) is 0 Å². The van der Waals surface area contributed by atoms with Crippen LogP contribution >= 0.6 is 15.9 Å². The van der Waals surface area contributed by atoms with E-state index in [2.05, 4.69) is 38.0 Å². The summed E-state index contributed by atoms with van der Waals surface area (Å²) in [5.74, 6) is 0.177. The number of carbonyl (C=O) groups excluding carboxylic acids is 2. The lowest BCUT2D eigenvalue weighted by Crippen LogP contribution is -2.53. The summed E-state index contributed by atoms with van der Waals surface area (Å²) >= 11 is 3.43. The highest BCUT2D eigenvalue weighted by Gasteiger charge is 2.28. The van der Waals surface area contributed by atoms with Crippen LogP contribution in [0.15, 0.2) is 34.8 Å². The fraction of sp³-hybridized carbons (Fsp3) is 0.500. The van der Waals surface area contributed by atoms with Crippen LogP contribution in [-0.4, -0.2) is 82.0 Å². The van der Waals surface area contributed by atoms with Gasteiger partial charge >= 0.3 is 0 Å². The molecule has 0 aliphatic carbocycles. The molecule has 2 aliphatic rings. The zero-order valence-corrected chi connectivity index (χ0v) is 18.9. The second kappa shape index (κ2) is 9.31. The zero-order valence-electron chi connectivity index (χ0n) is 17.3. The van der Waals surface area contributed by atoms with Crippen LogP contribution in [0.5, 0.6) is 0 Å². The Morgan fingerprint density at radius 2 is 1.83 bits per heavy atom. The van der Waals surface area contributed by atoms with E-state index in [1.54, 1.807) is 6.07 Å². The molecule has 4 rings (SSSR count). The number of hydrogen-bond acceptors (Lipinski definition) is 4. The number of rotatable bonds is 4. The normalized spacial score (nSPS) is 20.4. The molecule has 0 spiro atoms. The number of aromatic amines is 1. The van der Waals surface area contributed by atoms with Gasteiger partial charge in [0.2, 0.25) is 5.91 Å². The number of nitrogens with one attached hydrogen (secondary N) is 1. The van der Waals surface area contributed by atoms with E-state index < -0.39 is 0 Å². The maximum Gasteiger partial charge on any atom is 0.271 e. The third kappa shape index (κ3) is 4.75. The smallest absolute Gasteiger partial charge is 0.271 e. The minimum Gasteiger partial charge on any atom is -0.339 e. The molecule has 1 aromatic carbocycles. The van der Waals surface area contributed by atoms with Crippen LogP contribution in [0, 0.1) is 0 Å². The molecule has 2 fully saturated rings. The number of nitrogens with zero attached hydrogens (tertiary/aromatic N) is 4. The van der Waals surface area contributed by atoms with Crippen molar-refractivity contribution >= 4 is 27.7 Å². The fourth-order valence-corrected chi connectivity index (χ4v) is 4.49. The summed E-state index contributed by atoms with van der Waals surface area (Å²) < 4.78 is 1.00. The number of benzene rings is 1. The molecule has 7 nitrogen and oxygen atoms in total. The molecule has 0 bridgehead atoms. The van der Waals surface area contributed by atoms with Crippen LogP contribution in [0.4, 0.5) is 0 Å². The summed E-state index contributed by atoms with van der Waals surface area (Å²) in [4.78, 5) is 31.6. The van der Waals surface area contributed by atoms with Gasteiger partial charge in [0.05, 0.1) is 12.2 Å². The average Bonchev–Trinajstić information content (AvgIpc) is 3.25. The number of aromatic nitrogens is 2. The second-order valence-corrected chi connectivity index (χ2v) is 9.09. The third-order valence-corrected chi connectivity index (χ3v) is 6.62. The lowest BCUT2D eigenvalue weighted by Gasteiger charge is -2.38. The average molecular weight is 474 g/mol. The number of amides is 2. The topological polar surface area (TPSA) is 72.5 Å². The zero-order chi connectivity index (χ0) is 21.1. The number of H-pyrrole nitrogens is 1. The summed E-state index contributed by atoms with van der Waals surface area (Å²) in [6.07, 6.45) is 3.41. The molecule has 1 N–H and O–H groups in total. The van der Waals surface area contributed by atoms with Gasteiger partial charge in [-0.25, -0.2) is 0 Å². The van der Waals surface area contributed by atoms with Gasteiger partial charge in [0.25, 0.3) is 5.91 Å². The number of likely N-dealkylation sites (tertiary alicyclic amines) is 1. The van der Waals surface area contributed by atoms with Gasteiger partial charge in [-0.15, -0.1) is 0 Å². The van der Waals surface area contributed by atoms with Crippen LogP contribution in [-0.2, 0) is 4.79 Å². The maximum absolute atomic E-state index is 12.9. The van der Waals surface area contributed by atoms with E-state index in [9.17, 15) is 9.59 Å². The monoisotopic (exact) mass is 473 g/mol. The van der Waals surface area contributed by atoms with Crippen molar-refractivity contribution < 1.29 is 9.59 Å². The van der Waals surface area contributed by atoms with Crippen LogP contribution in [0.25, 0.3) is 11.3 Å². The van der Waals surface area contributed by atoms with Crippen molar-refractivity contribution in [2.75, 3.05) is 39.3 Å². The fourth-order valence-electron chi connectivity index (χ4n) is 4.23. The van der Waals surface area contributed by atoms with E-state index in [4.69, 9.17) is 0 Å². The molecule has 2 aliphatic heterocycles. The Hall–Kier alpha value is -2.19. The van der Waals surface area contributed by atoms with E-state index in [1.165, 1.54) is 6.42 Å². The van der Waals surface area contributed by atoms with Gasteiger partial charge in [0, 0.05) is 48.8 Å². The standard InChI is InChI=1S/C22H28BrN5O2/c1-16-4-2-3-9-28(16)21(29)15-26-10-12-27(13-11-26)22(30)20-14-19(24-25-20)17-5-7-18(23)8-6-17/h5-8,14,16H,2-4,9-13,15H2,1H3,(H,24,25). The molecule has 8 heteroatoms. The summed E-state index contributed by atoms with van der Waals surface area (Å²) in [5, 5.41) is 7.18. The number of piperidine rings is 1. The highest BCUT2D eigenvalue weighted by atomic mass is 79.9. The quantitative estimate of drug-likeness (QED) is 0.740. The van der Waals surface area contributed by atoms with Crippen LogP contribution < -0.4 is 0 Å². The Labute approximate surface area is 185 Å². The number of carbonyl (C=O) groups is 2. The Balaban J connectivity index is 1.30. The number of halogens is 1. The van der Waals surface area contributed by atoms with Crippen molar-refractivity contribution in [3.8, 4) is 11.3 Å². The highest BCUT2D eigenvalue weighted by molar-refractivity contribution is 9.10. The van der Waals surface area contributed by atoms with Gasteiger partial charge in [-0.1, -0.05) is 28.1 Å². The Morgan fingerprint density at radius 1 is 1.10 bits per heavy atom. The summed E-state index contributed by atoms with van der Waals surface area (Å²) in [5.41, 5.74) is 2.22. The van der Waals surface area contributed by atoms with E-state index >= 15 is 0 Å². The maximum atomic E-state index is 12.9. The molecule has 2 saturated heterocycles. The van der Waals surface area contributed by atoms with Gasteiger partial charge in [0.1, 0.15) is 5.69 Å². The molecule has 0 saturated carbocycles. The van der Waals surface area contributed by atoms with E-state index in [-0.39, 0.29) is 11.8 Å². The summed E-state index contributed by atoms with van der Waals surface area (Å²) in [7, 11) is 0. The summed E-state index contributed by atoms with van der Waals surface area (Å²) in [6, 6.07) is 9.99. The molecule has 1 aromatic heterocycles. The van der Waals surface area contributed by atoms with Crippen molar-refractivity contribution in [3.05, 3.63) is 40.5 Å². The molecular formula is C22H28BrN5O2. The molecule has 1 atom stereocenters. The molecular weight excluding hydrogens is 446 g/mol. The lowest BCUT2D eigenvalue weighted by atomic mass is 10.0. The van der Waals surface area contributed by atoms with Crippen LogP contribution in [0.1, 0.15) is 36.7 Å². The molecule has 3 heterocycles. The molecule has 2 amide bonds. The van der Waals surface area contributed by atoms with Crippen LogP contribution in [0.2, 0.25) is 0 Å². The highest BCUT2D eigenvalue weighted by Crippen LogP contribution is 2.21. The van der Waals surface area contributed by atoms with Gasteiger partial charge in [-0.05, 0) is 44.4 Å². The Bertz CT molecular complexity index is 889. The predicted molar refractivity (Wildman–Crippen MR) is 119 cm³/mol. The van der Waals surface area contributed by atoms with E-state index in [0.29, 0.717) is 44.5 Å². The molecule has 1 unspecified atom stereocenters. The minimum absolute atomic E-state index is 0.0403. The minimum atomic E-state index is -0.0403. The van der Waals surface area contributed by atoms with Gasteiger partial charge in [-0.3, -0.25) is 19.6 Å². The van der Waals surface area contributed by atoms with Crippen molar-refractivity contribution in [1.29, 1.82) is 0 Å². The SMILES string of the molecule is CC1CCCCN1C(=O)CN1CCN(C(=O)c2cc(-c3ccc(Br)cc3)n[nH]2)CC1. The lowest BCUT2D eigenvalue weighted by molar-refractivity contribution is -0.136. The van der Waals surface area contributed by atoms with E-state index in [0.717, 1.165) is 35.1 Å². The Kier molecular flexibility index (Phi) is 6.53. The first-order valence-electron chi connectivity index (χ1n) is 10.6.